The zero-order valence-electron chi connectivity index (χ0n) is 9.11. The van der Waals surface area contributed by atoms with Gasteiger partial charge in [-0.1, -0.05) is 24.3 Å². The third-order valence-corrected chi connectivity index (χ3v) is 2.68. The monoisotopic (exact) mass is 267 g/mol. The van der Waals surface area contributed by atoms with Gasteiger partial charge in [0.2, 0.25) is 0 Å². The first kappa shape index (κ1) is 12.5. The van der Waals surface area contributed by atoms with E-state index in [1.54, 1.807) is 18.2 Å². The van der Waals surface area contributed by atoms with Gasteiger partial charge in [-0.2, -0.15) is 0 Å². The number of nitrogens with zero attached hydrogens (tertiary/aromatic N) is 1. The van der Waals surface area contributed by atoms with Gasteiger partial charge in [0.1, 0.15) is 5.69 Å². The average Bonchev–Trinajstić information content (AvgIpc) is 2.41. The van der Waals surface area contributed by atoms with Gasteiger partial charge in [-0.3, -0.25) is 4.79 Å². The lowest BCUT2D eigenvalue weighted by Crippen LogP contribution is -2.21. The maximum Gasteiger partial charge on any atom is 0.273 e. The van der Waals surface area contributed by atoms with E-state index >= 15 is 0 Å². The summed E-state index contributed by atoms with van der Waals surface area (Å²) in [5.74, 6) is -2.84. The Kier molecular flexibility index (Phi) is 3.58. The van der Waals surface area contributed by atoms with Crippen molar-refractivity contribution in [3.05, 3.63) is 65.7 Å². The number of hydrogen-bond donors (Lipinski definition) is 0. The van der Waals surface area contributed by atoms with Gasteiger partial charge >= 0.3 is 0 Å². The quantitative estimate of drug-likeness (QED) is 0.759. The van der Waals surface area contributed by atoms with Crippen LogP contribution in [0.2, 0.25) is 0 Å². The molecule has 0 heterocycles. The second-order valence-electron chi connectivity index (χ2n) is 3.52. The van der Waals surface area contributed by atoms with E-state index in [1.165, 1.54) is 24.3 Å². The van der Waals surface area contributed by atoms with E-state index in [2.05, 4.69) is 0 Å². The molecule has 5 heteroatoms. The van der Waals surface area contributed by atoms with Crippen LogP contribution in [0.5, 0.6) is 0 Å². The van der Waals surface area contributed by atoms with Crippen molar-refractivity contribution in [1.82, 2.24) is 0 Å². The second-order valence-corrected chi connectivity index (χ2v) is 3.86. The Morgan fingerprint density at radius 1 is 1.00 bits per heavy atom. The number of anilines is 1. The lowest BCUT2D eigenvalue weighted by molar-refractivity contribution is 0.100. The van der Waals surface area contributed by atoms with Crippen LogP contribution in [0.3, 0.4) is 0 Å². The number of carbonyl (C=O) groups excluding carboxylic acids is 1. The molecule has 0 aliphatic heterocycles. The van der Waals surface area contributed by atoms with Gasteiger partial charge in [-0.25, -0.2) is 13.2 Å². The molecule has 2 aromatic carbocycles. The topological polar surface area (TPSA) is 20.3 Å². The predicted molar refractivity (Wildman–Crippen MR) is 65.5 cm³/mol. The molecule has 0 aliphatic carbocycles. The van der Waals surface area contributed by atoms with E-state index in [0.717, 1.165) is 6.07 Å². The van der Waals surface area contributed by atoms with Crippen molar-refractivity contribution in [1.29, 1.82) is 0 Å². The highest BCUT2D eigenvalue weighted by Crippen LogP contribution is 2.24. The van der Waals surface area contributed by atoms with E-state index in [4.69, 9.17) is 11.8 Å². The normalized spacial score (nSPS) is 10.2. The third kappa shape index (κ3) is 2.33. The molecular formula is C13H8ClF2NO. The lowest BCUT2D eigenvalue weighted by Gasteiger charge is -2.14. The summed E-state index contributed by atoms with van der Waals surface area (Å²) in [4.78, 5) is 11.9. The number of halogens is 3. The van der Waals surface area contributed by atoms with Crippen LogP contribution in [0.1, 0.15) is 10.4 Å². The molecule has 2 nitrogen and oxygen atoms in total. The van der Waals surface area contributed by atoms with Gasteiger partial charge in [0.05, 0.1) is 0 Å². The molecule has 0 radical (unpaired) electrons. The minimum Gasteiger partial charge on any atom is -0.267 e. The van der Waals surface area contributed by atoms with E-state index in [-0.39, 0.29) is 11.3 Å². The maximum atomic E-state index is 13.5. The first-order valence-electron chi connectivity index (χ1n) is 5.10. The highest BCUT2D eigenvalue weighted by atomic mass is 35.5. The molecular weight excluding hydrogens is 260 g/mol. The smallest absolute Gasteiger partial charge is 0.267 e. The van der Waals surface area contributed by atoms with Crippen LogP contribution >= 0.6 is 11.8 Å². The minimum absolute atomic E-state index is 0.288. The summed E-state index contributed by atoms with van der Waals surface area (Å²) in [5, 5.41) is 0. The number of hydrogen-bond acceptors (Lipinski definition) is 1. The van der Waals surface area contributed by atoms with E-state index in [9.17, 15) is 13.6 Å². The van der Waals surface area contributed by atoms with Gasteiger partial charge in [-0.05, 0) is 24.3 Å². The van der Waals surface area contributed by atoms with E-state index in [0.29, 0.717) is 4.42 Å². The summed E-state index contributed by atoms with van der Waals surface area (Å²) in [6.45, 7) is 0. The molecule has 0 aromatic heterocycles. The Labute approximate surface area is 108 Å². The van der Waals surface area contributed by atoms with Crippen molar-refractivity contribution in [3.63, 3.8) is 0 Å². The molecule has 0 aliphatic rings. The highest BCUT2D eigenvalue weighted by molar-refractivity contribution is 6.39. The van der Waals surface area contributed by atoms with Crippen molar-refractivity contribution < 1.29 is 13.6 Å². The summed E-state index contributed by atoms with van der Waals surface area (Å²) in [6.07, 6.45) is 0. The Morgan fingerprint density at radius 3 is 2.33 bits per heavy atom. The van der Waals surface area contributed by atoms with Crippen molar-refractivity contribution in [2.24, 2.45) is 0 Å². The Morgan fingerprint density at radius 2 is 1.67 bits per heavy atom. The van der Waals surface area contributed by atoms with E-state index < -0.39 is 17.5 Å². The predicted octanol–water partition coefficient (Wildman–Crippen LogP) is 3.77. The summed E-state index contributed by atoms with van der Waals surface area (Å²) in [5.41, 5.74) is -0.0262. The molecule has 92 valence electrons. The number of carbonyl (C=O) groups is 1. The van der Waals surface area contributed by atoms with Crippen molar-refractivity contribution in [3.8, 4) is 0 Å². The molecule has 2 aromatic rings. The number of rotatable bonds is 2. The average molecular weight is 268 g/mol. The number of amides is 1. The zero-order valence-corrected chi connectivity index (χ0v) is 9.86. The molecule has 0 fully saturated rings. The van der Waals surface area contributed by atoms with Crippen LogP contribution in [-0.4, -0.2) is 5.91 Å². The molecule has 0 bridgehead atoms. The van der Waals surface area contributed by atoms with Gasteiger partial charge in [-0.15, -0.1) is 0 Å². The third-order valence-electron chi connectivity index (χ3n) is 2.34. The maximum absolute atomic E-state index is 13.5. The van der Waals surface area contributed by atoms with Gasteiger partial charge < -0.3 is 0 Å². The van der Waals surface area contributed by atoms with Crippen LogP contribution in [-0.2, 0) is 0 Å². The standard InChI is InChI=1S/C13H8ClF2NO/c14-17(11-8-4-7-10(15)12(11)16)13(18)9-5-2-1-3-6-9/h1-8H. The van der Waals surface area contributed by atoms with Crippen LogP contribution in [0, 0.1) is 11.6 Å². The van der Waals surface area contributed by atoms with Gasteiger partial charge in [0, 0.05) is 17.3 Å². The van der Waals surface area contributed by atoms with Gasteiger partial charge in [0.25, 0.3) is 5.91 Å². The molecule has 1 amide bonds. The highest BCUT2D eigenvalue weighted by Gasteiger charge is 2.20. The fraction of sp³-hybridized carbons (Fsp3) is 0. The lowest BCUT2D eigenvalue weighted by atomic mass is 10.2. The fourth-order valence-electron chi connectivity index (χ4n) is 1.45. The summed E-state index contributed by atoms with van der Waals surface area (Å²) >= 11 is 5.75. The molecule has 0 N–H and O–H groups in total. The van der Waals surface area contributed by atoms with E-state index in [1.807, 2.05) is 0 Å². The van der Waals surface area contributed by atoms with Crippen molar-refractivity contribution >= 4 is 23.4 Å². The van der Waals surface area contributed by atoms with Crippen molar-refractivity contribution in [2.45, 2.75) is 0 Å². The Bertz CT molecular complexity index is 574. The molecule has 18 heavy (non-hydrogen) atoms. The summed E-state index contributed by atoms with van der Waals surface area (Å²) in [7, 11) is 0. The largest absolute Gasteiger partial charge is 0.273 e. The first-order chi connectivity index (χ1) is 8.61. The minimum atomic E-state index is -1.16. The Balaban J connectivity index is 2.35. The molecule has 2 rings (SSSR count). The SMILES string of the molecule is O=C(c1ccccc1)N(Cl)c1cccc(F)c1F. The number of benzene rings is 2. The van der Waals surface area contributed by atoms with Crippen LogP contribution < -0.4 is 4.42 Å². The molecule has 0 unspecified atom stereocenters. The second kappa shape index (κ2) is 5.14. The van der Waals surface area contributed by atoms with Crippen LogP contribution in [0.4, 0.5) is 14.5 Å². The van der Waals surface area contributed by atoms with Gasteiger partial charge in [0.15, 0.2) is 11.6 Å². The summed E-state index contributed by atoms with van der Waals surface area (Å²) in [6, 6.07) is 11.6. The molecule has 0 saturated heterocycles. The molecule has 0 saturated carbocycles. The molecule has 0 spiro atoms. The van der Waals surface area contributed by atoms with Crippen molar-refractivity contribution in [2.75, 3.05) is 4.42 Å². The zero-order chi connectivity index (χ0) is 13.1. The summed E-state index contributed by atoms with van der Waals surface area (Å²) < 4.78 is 27.1. The first-order valence-corrected chi connectivity index (χ1v) is 5.44. The Hall–Kier alpha value is -1.94. The fourth-order valence-corrected chi connectivity index (χ4v) is 1.68. The van der Waals surface area contributed by atoms with Crippen LogP contribution in [0.25, 0.3) is 0 Å². The molecule has 0 atom stereocenters. The van der Waals surface area contributed by atoms with Crippen LogP contribution in [0.15, 0.2) is 48.5 Å².